The molecule has 4 heteroatoms. The summed E-state index contributed by atoms with van der Waals surface area (Å²) in [4.78, 5) is 9.38. The molecule has 0 fully saturated rings. The van der Waals surface area contributed by atoms with Gasteiger partial charge >= 0.3 is 0 Å². The molecule has 0 saturated carbocycles. The molecule has 0 amide bonds. The van der Waals surface area contributed by atoms with Gasteiger partial charge in [0.2, 0.25) is 0 Å². The third kappa shape index (κ3) is 2.79. The minimum Gasteiger partial charge on any atom is -0.229 e. The Labute approximate surface area is 110 Å². The Morgan fingerprint density at radius 3 is 2.53 bits per heavy atom. The lowest BCUT2D eigenvalue weighted by molar-refractivity contribution is 1.00. The van der Waals surface area contributed by atoms with Crippen LogP contribution in [0.5, 0.6) is 0 Å². The first-order chi connectivity index (χ1) is 8.08. The van der Waals surface area contributed by atoms with Crippen LogP contribution in [0.4, 0.5) is 0 Å². The number of hydrogen-bond donors (Lipinski definition) is 0. The van der Waals surface area contributed by atoms with Crippen molar-refractivity contribution in [1.82, 2.24) is 9.97 Å². The molecule has 2 rings (SSSR count). The minimum absolute atomic E-state index is 0.520. The zero-order valence-electron chi connectivity index (χ0n) is 9.99. The Morgan fingerprint density at radius 1 is 1.06 bits per heavy atom. The summed E-state index contributed by atoms with van der Waals surface area (Å²) in [5.41, 5.74) is 3.51. The second kappa shape index (κ2) is 5.07. The van der Waals surface area contributed by atoms with Gasteiger partial charge < -0.3 is 0 Å². The second-order valence-corrected chi connectivity index (χ2v) is 5.36. The summed E-state index contributed by atoms with van der Waals surface area (Å²) in [6.45, 7) is 6.15. The third-order valence-corrected chi connectivity index (χ3v) is 4.14. The molecule has 0 bridgehead atoms. The van der Waals surface area contributed by atoms with Crippen molar-refractivity contribution in [2.75, 3.05) is 0 Å². The molecule has 0 saturated heterocycles. The molecule has 88 valence electrons. The summed E-state index contributed by atoms with van der Waals surface area (Å²) in [6, 6.07) is 6.38. The average molecular weight is 265 g/mol. The monoisotopic (exact) mass is 264 g/mol. The van der Waals surface area contributed by atoms with Gasteiger partial charge in [0.15, 0.2) is 0 Å². The van der Waals surface area contributed by atoms with Crippen LogP contribution < -0.4 is 0 Å². The van der Waals surface area contributed by atoms with Gasteiger partial charge in [0.25, 0.3) is 0 Å². The molecule has 0 aliphatic heterocycles. The van der Waals surface area contributed by atoms with Crippen molar-refractivity contribution < 1.29 is 0 Å². The highest BCUT2D eigenvalue weighted by Gasteiger charge is 2.07. The van der Waals surface area contributed by atoms with E-state index in [1.165, 1.54) is 22.3 Å². The van der Waals surface area contributed by atoms with Crippen molar-refractivity contribution in [3.05, 3.63) is 46.4 Å². The number of nitrogens with zero attached hydrogens (tertiary/aromatic N) is 2. The number of rotatable bonds is 2. The van der Waals surface area contributed by atoms with E-state index in [-0.39, 0.29) is 0 Å². The molecule has 1 aromatic carbocycles. The first kappa shape index (κ1) is 12.4. The molecule has 0 spiro atoms. The van der Waals surface area contributed by atoms with E-state index in [1.54, 1.807) is 11.8 Å². The molecule has 17 heavy (non-hydrogen) atoms. The first-order valence-electron chi connectivity index (χ1n) is 5.30. The van der Waals surface area contributed by atoms with E-state index in [0.29, 0.717) is 5.15 Å². The van der Waals surface area contributed by atoms with Crippen LogP contribution in [0.1, 0.15) is 16.7 Å². The molecule has 0 radical (unpaired) electrons. The Kier molecular flexibility index (Phi) is 3.69. The lowest BCUT2D eigenvalue weighted by atomic mass is 10.1. The van der Waals surface area contributed by atoms with E-state index < -0.39 is 0 Å². The number of hydrogen-bond acceptors (Lipinski definition) is 3. The van der Waals surface area contributed by atoms with Crippen molar-refractivity contribution in [2.45, 2.75) is 30.7 Å². The third-order valence-electron chi connectivity index (χ3n) is 2.67. The largest absolute Gasteiger partial charge is 0.229 e. The fraction of sp³-hybridized carbons (Fsp3) is 0.231. The average Bonchev–Trinajstić information content (AvgIpc) is 2.30. The molecule has 1 heterocycles. The smallest absolute Gasteiger partial charge is 0.136 e. The molecule has 2 aromatic rings. The molecule has 0 N–H and O–H groups in total. The molecule has 0 unspecified atom stereocenters. The quantitative estimate of drug-likeness (QED) is 0.760. The van der Waals surface area contributed by atoms with Crippen LogP contribution in [0, 0.1) is 20.8 Å². The van der Waals surface area contributed by atoms with Gasteiger partial charge in [-0.3, -0.25) is 0 Å². The molecule has 1 aromatic heterocycles. The Morgan fingerprint density at radius 2 is 1.82 bits per heavy atom. The normalized spacial score (nSPS) is 10.6. The SMILES string of the molecule is Cc1ccc(Sc2ncnc(Cl)c2C)cc1C. The maximum Gasteiger partial charge on any atom is 0.136 e. The van der Waals surface area contributed by atoms with E-state index in [0.717, 1.165) is 10.6 Å². The standard InChI is InChI=1S/C13H13ClN2S/c1-8-4-5-11(6-9(8)2)17-13-10(3)12(14)15-7-16-13/h4-7H,1-3H3. The van der Waals surface area contributed by atoms with Crippen LogP contribution in [0.25, 0.3) is 0 Å². The van der Waals surface area contributed by atoms with Gasteiger partial charge in [0.05, 0.1) is 0 Å². The van der Waals surface area contributed by atoms with Crippen LogP contribution >= 0.6 is 23.4 Å². The Bertz CT molecular complexity index is 555. The Hall–Kier alpha value is -1.06. The highest BCUT2D eigenvalue weighted by molar-refractivity contribution is 7.99. The van der Waals surface area contributed by atoms with E-state index in [4.69, 9.17) is 11.6 Å². The van der Waals surface area contributed by atoms with Crippen molar-refractivity contribution in [3.63, 3.8) is 0 Å². The summed E-state index contributed by atoms with van der Waals surface area (Å²) in [5.74, 6) is 0. The number of aromatic nitrogens is 2. The van der Waals surface area contributed by atoms with E-state index in [9.17, 15) is 0 Å². The summed E-state index contributed by atoms with van der Waals surface area (Å²) in [7, 11) is 0. The maximum absolute atomic E-state index is 5.97. The van der Waals surface area contributed by atoms with Gasteiger partial charge in [-0.1, -0.05) is 29.4 Å². The molecular weight excluding hydrogens is 252 g/mol. The lowest BCUT2D eigenvalue weighted by Gasteiger charge is -2.07. The molecule has 0 aliphatic rings. The predicted molar refractivity (Wildman–Crippen MR) is 71.8 cm³/mol. The van der Waals surface area contributed by atoms with Gasteiger partial charge in [-0.2, -0.15) is 0 Å². The summed E-state index contributed by atoms with van der Waals surface area (Å²) < 4.78 is 0. The van der Waals surface area contributed by atoms with E-state index in [1.807, 2.05) is 6.92 Å². The van der Waals surface area contributed by atoms with Gasteiger partial charge in [0.1, 0.15) is 16.5 Å². The number of benzene rings is 1. The van der Waals surface area contributed by atoms with E-state index >= 15 is 0 Å². The fourth-order valence-electron chi connectivity index (χ4n) is 1.41. The lowest BCUT2D eigenvalue weighted by Crippen LogP contribution is -1.90. The zero-order valence-corrected chi connectivity index (χ0v) is 11.6. The Balaban J connectivity index is 2.31. The summed E-state index contributed by atoms with van der Waals surface area (Å²) >= 11 is 7.59. The number of aryl methyl sites for hydroxylation is 2. The minimum atomic E-state index is 0.520. The molecule has 2 nitrogen and oxygen atoms in total. The zero-order chi connectivity index (χ0) is 12.4. The summed E-state index contributed by atoms with van der Waals surface area (Å²) in [6.07, 6.45) is 1.50. The highest BCUT2D eigenvalue weighted by atomic mass is 35.5. The fourth-order valence-corrected chi connectivity index (χ4v) is 2.54. The highest BCUT2D eigenvalue weighted by Crippen LogP contribution is 2.31. The second-order valence-electron chi connectivity index (χ2n) is 3.94. The van der Waals surface area contributed by atoms with Crippen LogP contribution in [0.15, 0.2) is 34.4 Å². The van der Waals surface area contributed by atoms with Crippen LogP contribution in [-0.2, 0) is 0 Å². The van der Waals surface area contributed by atoms with Gasteiger partial charge in [-0.15, -0.1) is 0 Å². The summed E-state index contributed by atoms with van der Waals surface area (Å²) in [5, 5.41) is 1.43. The maximum atomic E-state index is 5.97. The first-order valence-corrected chi connectivity index (χ1v) is 6.49. The van der Waals surface area contributed by atoms with Crippen molar-refractivity contribution in [2.24, 2.45) is 0 Å². The van der Waals surface area contributed by atoms with Gasteiger partial charge in [-0.05, 0) is 44.0 Å². The molecule has 0 atom stereocenters. The number of halogens is 1. The van der Waals surface area contributed by atoms with Crippen molar-refractivity contribution >= 4 is 23.4 Å². The van der Waals surface area contributed by atoms with Crippen LogP contribution in [0.3, 0.4) is 0 Å². The van der Waals surface area contributed by atoms with Crippen molar-refractivity contribution in [1.29, 1.82) is 0 Å². The van der Waals surface area contributed by atoms with Gasteiger partial charge in [-0.25, -0.2) is 9.97 Å². The van der Waals surface area contributed by atoms with E-state index in [2.05, 4.69) is 42.0 Å². The van der Waals surface area contributed by atoms with Gasteiger partial charge in [0, 0.05) is 10.5 Å². The molecular formula is C13H13ClN2S. The topological polar surface area (TPSA) is 25.8 Å². The van der Waals surface area contributed by atoms with Crippen LogP contribution in [0.2, 0.25) is 5.15 Å². The predicted octanol–water partition coefficient (Wildman–Crippen LogP) is 4.21. The van der Waals surface area contributed by atoms with Crippen LogP contribution in [-0.4, -0.2) is 9.97 Å². The van der Waals surface area contributed by atoms with Crippen molar-refractivity contribution in [3.8, 4) is 0 Å². The molecule has 0 aliphatic carbocycles.